The van der Waals surface area contributed by atoms with Gasteiger partial charge in [0.15, 0.2) is 5.69 Å². The fourth-order valence-corrected chi connectivity index (χ4v) is 5.15. The van der Waals surface area contributed by atoms with Gasteiger partial charge in [-0.05, 0) is 71.4 Å². The first-order valence-corrected chi connectivity index (χ1v) is 11.6. The van der Waals surface area contributed by atoms with Gasteiger partial charge in [0.05, 0.1) is 0 Å². The molecule has 0 unspecified atom stereocenters. The van der Waals surface area contributed by atoms with E-state index in [0.717, 1.165) is 70.5 Å². The SMILES string of the molecule is CCn1nc(C(=O)N2CCCCC2)c2c1CC[C@H](NCCN1CCCCC1)C2. The number of hydrogen-bond donors (Lipinski definition) is 1. The van der Waals surface area contributed by atoms with Crippen molar-refractivity contribution >= 4 is 5.91 Å². The third-order valence-corrected chi connectivity index (χ3v) is 6.80. The van der Waals surface area contributed by atoms with Crippen LogP contribution in [0.3, 0.4) is 0 Å². The van der Waals surface area contributed by atoms with E-state index in [1.165, 1.54) is 50.0 Å². The molecule has 0 saturated carbocycles. The van der Waals surface area contributed by atoms with Crippen molar-refractivity contribution in [3.63, 3.8) is 0 Å². The lowest BCUT2D eigenvalue weighted by molar-refractivity contribution is 0.0716. The number of carbonyl (C=O) groups is 1. The zero-order valence-electron chi connectivity index (χ0n) is 17.6. The lowest BCUT2D eigenvalue weighted by Gasteiger charge is -2.29. The summed E-state index contributed by atoms with van der Waals surface area (Å²) in [7, 11) is 0. The highest BCUT2D eigenvalue weighted by molar-refractivity contribution is 5.94. The highest BCUT2D eigenvalue weighted by atomic mass is 16.2. The number of carbonyl (C=O) groups excluding carboxylic acids is 1. The largest absolute Gasteiger partial charge is 0.337 e. The zero-order chi connectivity index (χ0) is 19.3. The summed E-state index contributed by atoms with van der Waals surface area (Å²) in [6.45, 7) is 9.49. The number of fused-ring (bicyclic) bond motifs is 1. The molecule has 1 aromatic heterocycles. The Hall–Kier alpha value is -1.40. The van der Waals surface area contributed by atoms with Crippen molar-refractivity contribution < 1.29 is 4.79 Å². The number of aryl methyl sites for hydroxylation is 1. The smallest absolute Gasteiger partial charge is 0.274 e. The molecule has 28 heavy (non-hydrogen) atoms. The van der Waals surface area contributed by atoms with Gasteiger partial charge in [0.1, 0.15) is 0 Å². The minimum atomic E-state index is 0.164. The number of hydrogen-bond acceptors (Lipinski definition) is 4. The maximum atomic E-state index is 13.2. The molecular weight excluding hydrogens is 350 g/mol. The summed E-state index contributed by atoms with van der Waals surface area (Å²) in [5.41, 5.74) is 3.26. The molecule has 3 heterocycles. The number of aromatic nitrogens is 2. The second-order valence-corrected chi connectivity index (χ2v) is 8.74. The van der Waals surface area contributed by atoms with Crippen LogP contribution in [0.5, 0.6) is 0 Å². The van der Waals surface area contributed by atoms with Crippen molar-refractivity contribution in [2.75, 3.05) is 39.3 Å². The van der Waals surface area contributed by atoms with E-state index < -0.39 is 0 Å². The van der Waals surface area contributed by atoms with Gasteiger partial charge in [-0.15, -0.1) is 0 Å². The lowest BCUT2D eigenvalue weighted by atomic mass is 9.91. The van der Waals surface area contributed by atoms with Gasteiger partial charge in [-0.3, -0.25) is 9.48 Å². The molecule has 3 aliphatic rings. The molecule has 2 aliphatic heterocycles. The maximum Gasteiger partial charge on any atom is 0.274 e. The fourth-order valence-electron chi connectivity index (χ4n) is 5.15. The second-order valence-electron chi connectivity index (χ2n) is 8.74. The Morgan fingerprint density at radius 2 is 1.79 bits per heavy atom. The first-order chi connectivity index (χ1) is 13.8. The molecule has 0 aromatic carbocycles. The first-order valence-electron chi connectivity index (χ1n) is 11.6. The van der Waals surface area contributed by atoms with Crippen LogP contribution in [0.2, 0.25) is 0 Å². The normalized spacial score (nSPS) is 23.6. The molecule has 1 atom stereocenters. The highest BCUT2D eigenvalue weighted by Crippen LogP contribution is 2.26. The van der Waals surface area contributed by atoms with E-state index in [2.05, 4.69) is 21.8 Å². The molecule has 1 aromatic rings. The minimum absolute atomic E-state index is 0.164. The van der Waals surface area contributed by atoms with Crippen molar-refractivity contribution in [1.82, 2.24) is 24.9 Å². The van der Waals surface area contributed by atoms with Crippen molar-refractivity contribution in [2.45, 2.75) is 77.3 Å². The van der Waals surface area contributed by atoms with Crippen molar-refractivity contribution in [1.29, 1.82) is 0 Å². The Kier molecular flexibility index (Phi) is 6.68. The predicted octanol–water partition coefficient (Wildman–Crippen LogP) is 2.46. The molecule has 6 heteroatoms. The van der Waals surface area contributed by atoms with Crippen LogP contribution in [0.4, 0.5) is 0 Å². The lowest BCUT2D eigenvalue weighted by Crippen LogP contribution is -2.42. The van der Waals surface area contributed by atoms with Crippen LogP contribution in [-0.2, 0) is 19.4 Å². The number of amides is 1. The van der Waals surface area contributed by atoms with Crippen LogP contribution >= 0.6 is 0 Å². The molecule has 2 fully saturated rings. The third kappa shape index (κ3) is 4.43. The van der Waals surface area contributed by atoms with Gasteiger partial charge in [0, 0.05) is 50.0 Å². The van der Waals surface area contributed by atoms with Crippen molar-refractivity contribution in [3.05, 3.63) is 17.0 Å². The minimum Gasteiger partial charge on any atom is -0.337 e. The van der Waals surface area contributed by atoms with Gasteiger partial charge in [0.2, 0.25) is 0 Å². The van der Waals surface area contributed by atoms with E-state index in [9.17, 15) is 4.79 Å². The predicted molar refractivity (Wildman–Crippen MR) is 112 cm³/mol. The summed E-state index contributed by atoms with van der Waals surface area (Å²) < 4.78 is 2.08. The molecule has 0 bridgehead atoms. The Labute approximate surface area is 169 Å². The van der Waals surface area contributed by atoms with Crippen LogP contribution in [0.1, 0.15) is 73.6 Å². The first kappa shape index (κ1) is 19.9. The summed E-state index contributed by atoms with van der Waals surface area (Å²) >= 11 is 0. The van der Waals surface area contributed by atoms with Crippen LogP contribution in [0.25, 0.3) is 0 Å². The van der Waals surface area contributed by atoms with Gasteiger partial charge in [-0.2, -0.15) is 5.10 Å². The van der Waals surface area contributed by atoms with Crippen LogP contribution < -0.4 is 5.32 Å². The maximum absolute atomic E-state index is 13.2. The van der Waals surface area contributed by atoms with E-state index in [1.807, 2.05) is 4.90 Å². The van der Waals surface area contributed by atoms with E-state index in [0.29, 0.717) is 6.04 Å². The van der Waals surface area contributed by atoms with E-state index in [1.54, 1.807) is 0 Å². The van der Waals surface area contributed by atoms with Crippen LogP contribution in [0.15, 0.2) is 0 Å². The molecule has 1 aliphatic carbocycles. The van der Waals surface area contributed by atoms with Gasteiger partial charge < -0.3 is 15.1 Å². The van der Waals surface area contributed by atoms with Gasteiger partial charge in [-0.25, -0.2) is 0 Å². The van der Waals surface area contributed by atoms with E-state index >= 15 is 0 Å². The summed E-state index contributed by atoms with van der Waals surface area (Å²) in [5.74, 6) is 0.164. The summed E-state index contributed by atoms with van der Waals surface area (Å²) in [6, 6.07) is 0.472. The molecule has 6 nitrogen and oxygen atoms in total. The molecule has 2 saturated heterocycles. The van der Waals surface area contributed by atoms with Crippen molar-refractivity contribution in [2.24, 2.45) is 0 Å². The number of likely N-dealkylation sites (tertiary alicyclic amines) is 2. The van der Waals surface area contributed by atoms with E-state index in [-0.39, 0.29) is 5.91 Å². The van der Waals surface area contributed by atoms with Crippen molar-refractivity contribution in [3.8, 4) is 0 Å². The molecule has 0 radical (unpaired) electrons. The third-order valence-electron chi connectivity index (χ3n) is 6.80. The van der Waals surface area contributed by atoms with Gasteiger partial charge in [-0.1, -0.05) is 6.42 Å². The molecule has 1 N–H and O–H groups in total. The fraction of sp³-hybridized carbons (Fsp3) is 0.818. The Balaban J connectivity index is 1.39. The van der Waals surface area contributed by atoms with Gasteiger partial charge in [0.25, 0.3) is 5.91 Å². The highest BCUT2D eigenvalue weighted by Gasteiger charge is 2.31. The van der Waals surface area contributed by atoms with Gasteiger partial charge >= 0.3 is 0 Å². The molecule has 0 spiro atoms. The average molecular weight is 388 g/mol. The zero-order valence-corrected chi connectivity index (χ0v) is 17.6. The Morgan fingerprint density at radius 1 is 1.07 bits per heavy atom. The second kappa shape index (κ2) is 9.40. The van der Waals surface area contributed by atoms with Crippen LogP contribution in [-0.4, -0.2) is 70.8 Å². The molecule has 1 amide bonds. The molecular formula is C22H37N5O. The quantitative estimate of drug-likeness (QED) is 0.815. The number of nitrogens with zero attached hydrogens (tertiary/aromatic N) is 4. The van der Waals surface area contributed by atoms with E-state index in [4.69, 9.17) is 5.10 Å². The molecule has 156 valence electrons. The monoisotopic (exact) mass is 387 g/mol. The number of piperidine rings is 2. The number of nitrogens with one attached hydrogen (secondary N) is 1. The standard InChI is InChI=1S/C22H37N5O/c1-2-27-20-10-9-18(23-11-16-25-12-5-3-6-13-25)17-19(20)21(24-27)22(28)26-14-7-4-8-15-26/h18,23H,2-17H2,1H3/t18-/m0/s1. The van der Waals surface area contributed by atoms with Crippen LogP contribution in [0, 0.1) is 0 Å². The average Bonchev–Trinajstić information content (AvgIpc) is 3.12. The Morgan fingerprint density at radius 3 is 2.50 bits per heavy atom. The number of rotatable bonds is 6. The molecule has 4 rings (SSSR count). The Bertz CT molecular complexity index is 658. The summed E-state index contributed by atoms with van der Waals surface area (Å²) in [4.78, 5) is 17.8. The summed E-state index contributed by atoms with van der Waals surface area (Å²) in [6.07, 6.45) is 10.7. The topological polar surface area (TPSA) is 53.4 Å². The summed E-state index contributed by atoms with van der Waals surface area (Å²) in [5, 5.41) is 8.54.